The van der Waals surface area contributed by atoms with E-state index in [0.717, 1.165) is 33.0 Å². The smallest absolute Gasteiger partial charge is 0.139 e. The Labute approximate surface area is 186 Å². The minimum absolute atomic E-state index is 0.249. The van der Waals surface area contributed by atoms with Crippen molar-refractivity contribution in [2.75, 3.05) is 13.7 Å². The third-order valence-corrected chi connectivity index (χ3v) is 5.01. The van der Waals surface area contributed by atoms with E-state index in [9.17, 15) is 8.78 Å². The van der Waals surface area contributed by atoms with E-state index in [0.29, 0.717) is 18.6 Å². The van der Waals surface area contributed by atoms with Crippen LogP contribution < -0.4 is 0 Å². The Hall–Kier alpha value is -3.92. The number of ether oxygens (including phenoxy) is 1. The van der Waals surface area contributed by atoms with Crippen LogP contribution >= 0.6 is 0 Å². The van der Waals surface area contributed by atoms with Gasteiger partial charge in [0.2, 0.25) is 0 Å². The molecule has 0 saturated heterocycles. The number of hydrogen-bond donors (Lipinski definition) is 0. The molecule has 1 nitrogen and oxygen atoms in total. The third-order valence-electron chi connectivity index (χ3n) is 5.01. The molecule has 0 aliphatic heterocycles. The molecule has 0 amide bonds. The zero-order valence-electron chi connectivity index (χ0n) is 17.6. The van der Waals surface area contributed by atoms with Gasteiger partial charge in [0.25, 0.3) is 0 Å². The molecule has 0 unspecified atom stereocenters. The Morgan fingerprint density at radius 1 is 0.656 bits per heavy atom. The Balaban J connectivity index is 1.46. The standard InChI is InChI=1S/C29H20F2O/c1-32-17-16-24-9-12-25(29(31)19-24)11-8-22-4-2-21(3-5-22)6-7-23-10-13-27-20-28(30)15-14-26(27)18-23/h2-5,9-10,12-15,18-20H,16-17H2,1H3. The topological polar surface area (TPSA) is 9.23 Å². The monoisotopic (exact) mass is 422 g/mol. The maximum atomic E-state index is 14.2. The average Bonchev–Trinajstić information content (AvgIpc) is 2.81. The summed E-state index contributed by atoms with van der Waals surface area (Å²) in [6, 6.07) is 23.0. The molecule has 0 heterocycles. The van der Waals surface area contributed by atoms with E-state index in [-0.39, 0.29) is 11.6 Å². The molecule has 32 heavy (non-hydrogen) atoms. The van der Waals surface area contributed by atoms with Crippen LogP contribution in [0.15, 0.2) is 78.9 Å². The molecule has 4 aromatic rings. The maximum Gasteiger partial charge on any atom is 0.139 e. The maximum absolute atomic E-state index is 14.2. The molecule has 0 N–H and O–H groups in total. The third kappa shape index (κ3) is 5.41. The predicted octanol–water partition coefficient (Wildman–Crippen LogP) is 6.11. The highest BCUT2D eigenvalue weighted by Gasteiger charge is 2.01. The summed E-state index contributed by atoms with van der Waals surface area (Å²) in [5.41, 5.74) is 3.74. The van der Waals surface area contributed by atoms with Crippen molar-refractivity contribution in [1.82, 2.24) is 0 Å². The van der Waals surface area contributed by atoms with Gasteiger partial charge in [0.1, 0.15) is 11.6 Å². The van der Waals surface area contributed by atoms with Crippen molar-refractivity contribution >= 4 is 10.8 Å². The summed E-state index contributed by atoms with van der Waals surface area (Å²) in [5, 5.41) is 1.79. The van der Waals surface area contributed by atoms with Crippen LogP contribution in [0.4, 0.5) is 8.78 Å². The molecule has 0 atom stereocenters. The van der Waals surface area contributed by atoms with Crippen LogP contribution in [-0.2, 0) is 11.2 Å². The molecule has 0 aliphatic carbocycles. The highest BCUT2D eigenvalue weighted by molar-refractivity contribution is 5.84. The number of methoxy groups -OCH3 is 1. The molecule has 3 heteroatoms. The molecule has 0 fully saturated rings. The van der Waals surface area contributed by atoms with E-state index in [1.165, 1.54) is 18.2 Å². The van der Waals surface area contributed by atoms with E-state index >= 15 is 0 Å². The van der Waals surface area contributed by atoms with Crippen LogP contribution in [0.25, 0.3) is 10.8 Å². The van der Waals surface area contributed by atoms with E-state index in [4.69, 9.17) is 4.74 Å². The summed E-state index contributed by atoms with van der Waals surface area (Å²) in [6.45, 7) is 0.556. The minimum Gasteiger partial charge on any atom is -0.384 e. The molecule has 4 rings (SSSR count). The van der Waals surface area contributed by atoms with Gasteiger partial charge in [-0.2, -0.15) is 0 Å². The van der Waals surface area contributed by atoms with Gasteiger partial charge in [-0.3, -0.25) is 0 Å². The quantitative estimate of drug-likeness (QED) is 0.362. The van der Waals surface area contributed by atoms with E-state index in [2.05, 4.69) is 23.7 Å². The highest BCUT2D eigenvalue weighted by atomic mass is 19.1. The second-order valence-electron chi connectivity index (χ2n) is 7.34. The number of halogens is 2. The number of benzene rings is 4. The SMILES string of the molecule is COCCc1ccc(C#Cc2ccc(C#Cc3ccc4cc(F)ccc4c3)cc2)c(F)c1. The highest BCUT2D eigenvalue weighted by Crippen LogP contribution is 2.17. The zero-order chi connectivity index (χ0) is 22.3. The minimum atomic E-state index is -0.327. The van der Waals surface area contributed by atoms with Crippen LogP contribution in [-0.4, -0.2) is 13.7 Å². The lowest BCUT2D eigenvalue weighted by Gasteiger charge is -2.01. The predicted molar refractivity (Wildman–Crippen MR) is 124 cm³/mol. The average molecular weight is 422 g/mol. The van der Waals surface area contributed by atoms with Gasteiger partial charge in [0.15, 0.2) is 0 Å². The van der Waals surface area contributed by atoms with E-state index < -0.39 is 0 Å². The zero-order valence-corrected chi connectivity index (χ0v) is 17.6. The fraction of sp³-hybridized carbons (Fsp3) is 0.103. The molecule has 0 aromatic heterocycles. The molecular formula is C29H20F2O. The molecule has 0 bridgehead atoms. The fourth-order valence-electron chi connectivity index (χ4n) is 3.25. The van der Waals surface area contributed by atoms with Gasteiger partial charge in [-0.25, -0.2) is 8.78 Å². The van der Waals surface area contributed by atoms with Gasteiger partial charge < -0.3 is 4.74 Å². The Morgan fingerprint density at radius 2 is 1.28 bits per heavy atom. The fourth-order valence-corrected chi connectivity index (χ4v) is 3.25. The van der Waals surface area contributed by atoms with Crippen LogP contribution in [0.5, 0.6) is 0 Å². The van der Waals surface area contributed by atoms with Crippen molar-refractivity contribution in [3.63, 3.8) is 0 Å². The first-order valence-corrected chi connectivity index (χ1v) is 10.2. The number of rotatable bonds is 3. The lowest BCUT2D eigenvalue weighted by atomic mass is 10.1. The van der Waals surface area contributed by atoms with Crippen molar-refractivity contribution in [3.8, 4) is 23.7 Å². The van der Waals surface area contributed by atoms with Crippen LogP contribution in [0.2, 0.25) is 0 Å². The molecule has 156 valence electrons. The van der Waals surface area contributed by atoms with Gasteiger partial charge in [-0.05, 0) is 83.4 Å². The molecule has 4 aromatic carbocycles. The van der Waals surface area contributed by atoms with Gasteiger partial charge in [0.05, 0.1) is 12.2 Å². The molecule has 0 radical (unpaired) electrons. The van der Waals surface area contributed by atoms with Crippen molar-refractivity contribution < 1.29 is 13.5 Å². The van der Waals surface area contributed by atoms with Gasteiger partial charge >= 0.3 is 0 Å². The first-order chi connectivity index (χ1) is 15.6. The van der Waals surface area contributed by atoms with Crippen molar-refractivity contribution in [1.29, 1.82) is 0 Å². The summed E-state index contributed by atoms with van der Waals surface area (Å²) in [5.74, 6) is 11.6. The second kappa shape index (κ2) is 9.92. The van der Waals surface area contributed by atoms with Crippen molar-refractivity contribution in [3.05, 3.63) is 118 Å². The lowest BCUT2D eigenvalue weighted by molar-refractivity contribution is 0.202. The summed E-state index contributed by atoms with van der Waals surface area (Å²) in [4.78, 5) is 0. The van der Waals surface area contributed by atoms with Crippen LogP contribution in [0, 0.1) is 35.3 Å². The Bertz CT molecular complexity index is 1380. The number of fused-ring (bicyclic) bond motifs is 1. The van der Waals surface area contributed by atoms with Crippen molar-refractivity contribution in [2.45, 2.75) is 6.42 Å². The first-order valence-electron chi connectivity index (χ1n) is 10.2. The molecule has 0 spiro atoms. The van der Waals surface area contributed by atoms with Gasteiger partial charge in [0, 0.05) is 23.8 Å². The van der Waals surface area contributed by atoms with Crippen LogP contribution in [0.1, 0.15) is 27.8 Å². The summed E-state index contributed by atoms with van der Waals surface area (Å²) >= 11 is 0. The molecular weight excluding hydrogens is 402 g/mol. The Kier molecular flexibility index (Phi) is 6.61. The first kappa shape index (κ1) is 21.3. The van der Waals surface area contributed by atoms with Crippen molar-refractivity contribution in [2.24, 2.45) is 0 Å². The summed E-state index contributed by atoms with van der Waals surface area (Å²) in [6.07, 6.45) is 0.668. The molecule has 0 saturated carbocycles. The lowest BCUT2D eigenvalue weighted by Crippen LogP contribution is -1.96. The van der Waals surface area contributed by atoms with Gasteiger partial charge in [-0.1, -0.05) is 41.9 Å². The summed E-state index contributed by atoms with van der Waals surface area (Å²) in [7, 11) is 1.62. The van der Waals surface area contributed by atoms with Gasteiger partial charge in [-0.15, -0.1) is 0 Å². The largest absolute Gasteiger partial charge is 0.384 e. The molecule has 0 aliphatic rings. The second-order valence-corrected chi connectivity index (χ2v) is 7.34. The normalized spacial score (nSPS) is 10.2. The summed E-state index contributed by atoms with van der Waals surface area (Å²) < 4.78 is 32.6. The Morgan fingerprint density at radius 3 is 2.00 bits per heavy atom. The van der Waals surface area contributed by atoms with E-state index in [1.807, 2.05) is 48.5 Å². The van der Waals surface area contributed by atoms with Crippen LogP contribution in [0.3, 0.4) is 0 Å². The number of hydrogen-bond acceptors (Lipinski definition) is 1. The van der Waals surface area contributed by atoms with E-state index in [1.54, 1.807) is 19.2 Å².